The molecule has 0 saturated carbocycles. The van der Waals surface area contributed by atoms with Gasteiger partial charge in [-0.1, -0.05) is 11.6 Å². The number of carbonyl (C=O) groups excluding carboxylic acids is 1. The van der Waals surface area contributed by atoms with Crippen molar-refractivity contribution in [3.63, 3.8) is 0 Å². The normalized spacial score (nSPS) is 10.4. The Hall–Kier alpha value is -2.07. The van der Waals surface area contributed by atoms with E-state index in [4.69, 9.17) is 16.3 Å². The number of nitrogens with one attached hydrogen (secondary N) is 1. The number of halogens is 1. The van der Waals surface area contributed by atoms with E-state index in [1.54, 1.807) is 42.7 Å². The lowest BCUT2D eigenvalue weighted by Crippen LogP contribution is -2.12. The van der Waals surface area contributed by atoms with E-state index in [2.05, 4.69) is 10.3 Å². The SMILES string of the molecule is CC(C)Oc1ccc(NC(=O)c2ccncc2)cc1Cl. The van der Waals surface area contributed by atoms with Crippen molar-refractivity contribution >= 4 is 23.2 Å². The number of amides is 1. The number of benzene rings is 1. The van der Waals surface area contributed by atoms with Gasteiger partial charge in [-0.15, -0.1) is 0 Å². The molecule has 2 aromatic rings. The number of carbonyl (C=O) groups is 1. The van der Waals surface area contributed by atoms with Crippen LogP contribution in [0.15, 0.2) is 42.7 Å². The van der Waals surface area contributed by atoms with Gasteiger partial charge in [0.1, 0.15) is 5.75 Å². The second kappa shape index (κ2) is 6.39. The molecular formula is C15H15ClN2O2. The van der Waals surface area contributed by atoms with Gasteiger partial charge in [0.2, 0.25) is 0 Å². The van der Waals surface area contributed by atoms with Crippen molar-refractivity contribution in [2.24, 2.45) is 0 Å². The fourth-order valence-corrected chi connectivity index (χ4v) is 1.86. The molecule has 0 fully saturated rings. The molecule has 20 heavy (non-hydrogen) atoms. The Morgan fingerprint density at radius 3 is 2.55 bits per heavy atom. The Morgan fingerprint density at radius 1 is 1.25 bits per heavy atom. The number of pyridine rings is 1. The Labute approximate surface area is 122 Å². The van der Waals surface area contributed by atoms with Gasteiger partial charge in [0, 0.05) is 23.6 Å². The topological polar surface area (TPSA) is 51.2 Å². The molecule has 0 spiro atoms. The van der Waals surface area contributed by atoms with Gasteiger partial charge < -0.3 is 10.1 Å². The minimum atomic E-state index is -0.207. The third-order valence-corrected chi connectivity index (χ3v) is 2.79. The van der Waals surface area contributed by atoms with E-state index in [1.807, 2.05) is 13.8 Å². The minimum absolute atomic E-state index is 0.0461. The van der Waals surface area contributed by atoms with E-state index in [-0.39, 0.29) is 12.0 Å². The fraction of sp³-hybridized carbons (Fsp3) is 0.200. The third kappa shape index (κ3) is 3.71. The average Bonchev–Trinajstić information content (AvgIpc) is 2.42. The zero-order valence-corrected chi connectivity index (χ0v) is 12.0. The fourth-order valence-electron chi connectivity index (χ4n) is 1.63. The quantitative estimate of drug-likeness (QED) is 0.932. The van der Waals surface area contributed by atoms with Crippen LogP contribution in [0.2, 0.25) is 5.02 Å². The van der Waals surface area contributed by atoms with Crippen molar-refractivity contribution in [2.75, 3.05) is 5.32 Å². The van der Waals surface area contributed by atoms with Crippen LogP contribution in [0.1, 0.15) is 24.2 Å². The molecule has 0 unspecified atom stereocenters. The van der Waals surface area contributed by atoms with Crippen LogP contribution in [0.25, 0.3) is 0 Å². The summed E-state index contributed by atoms with van der Waals surface area (Å²) in [6, 6.07) is 8.45. The smallest absolute Gasteiger partial charge is 0.255 e. The van der Waals surface area contributed by atoms with Crippen molar-refractivity contribution < 1.29 is 9.53 Å². The molecule has 0 bridgehead atoms. The van der Waals surface area contributed by atoms with Crippen LogP contribution in [0.5, 0.6) is 5.75 Å². The van der Waals surface area contributed by atoms with Gasteiger partial charge in [-0.05, 0) is 44.2 Å². The molecule has 0 aliphatic heterocycles. The first-order chi connectivity index (χ1) is 9.56. The average molecular weight is 291 g/mol. The number of hydrogen-bond acceptors (Lipinski definition) is 3. The number of rotatable bonds is 4. The zero-order valence-electron chi connectivity index (χ0n) is 11.3. The van der Waals surface area contributed by atoms with E-state index in [1.165, 1.54) is 0 Å². The van der Waals surface area contributed by atoms with E-state index in [0.717, 1.165) is 0 Å². The number of ether oxygens (including phenoxy) is 1. The molecule has 5 heteroatoms. The molecule has 1 amide bonds. The Kier molecular flexibility index (Phi) is 4.58. The van der Waals surface area contributed by atoms with Gasteiger partial charge in [0.15, 0.2) is 0 Å². The van der Waals surface area contributed by atoms with Gasteiger partial charge in [0.25, 0.3) is 5.91 Å². The Balaban J connectivity index is 2.11. The molecule has 1 aromatic heterocycles. The predicted octanol–water partition coefficient (Wildman–Crippen LogP) is 3.77. The summed E-state index contributed by atoms with van der Waals surface area (Å²) < 4.78 is 5.54. The van der Waals surface area contributed by atoms with Crippen LogP contribution in [-0.2, 0) is 0 Å². The molecule has 1 N–H and O–H groups in total. The summed E-state index contributed by atoms with van der Waals surface area (Å²) in [5.41, 5.74) is 1.16. The van der Waals surface area contributed by atoms with Crippen molar-refractivity contribution in [2.45, 2.75) is 20.0 Å². The molecule has 0 aliphatic rings. The van der Waals surface area contributed by atoms with E-state index >= 15 is 0 Å². The monoisotopic (exact) mass is 290 g/mol. The molecule has 2 rings (SSSR count). The van der Waals surface area contributed by atoms with Gasteiger partial charge in [-0.2, -0.15) is 0 Å². The molecule has 104 valence electrons. The highest BCUT2D eigenvalue weighted by atomic mass is 35.5. The van der Waals surface area contributed by atoms with Gasteiger partial charge >= 0.3 is 0 Å². The first-order valence-electron chi connectivity index (χ1n) is 6.24. The summed E-state index contributed by atoms with van der Waals surface area (Å²) in [5, 5.41) is 3.24. The highest BCUT2D eigenvalue weighted by Gasteiger charge is 2.08. The molecule has 0 saturated heterocycles. The van der Waals surface area contributed by atoms with Gasteiger partial charge in [-0.3, -0.25) is 9.78 Å². The van der Waals surface area contributed by atoms with Crippen molar-refractivity contribution in [1.29, 1.82) is 0 Å². The van der Waals surface area contributed by atoms with E-state index in [9.17, 15) is 4.79 Å². The summed E-state index contributed by atoms with van der Waals surface area (Å²) in [5.74, 6) is 0.393. The Bertz CT molecular complexity index is 600. The summed E-state index contributed by atoms with van der Waals surface area (Å²) in [6.07, 6.45) is 3.19. The van der Waals surface area contributed by atoms with Gasteiger partial charge in [-0.25, -0.2) is 0 Å². The van der Waals surface area contributed by atoms with E-state index < -0.39 is 0 Å². The summed E-state index contributed by atoms with van der Waals surface area (Å²) in [4.78, 5) is 15.8. The van der Waals surface area contributed by atoms with Crippen molar-refractivity contribution in [3.05, 3.63) is 53.3 Å². The molecule has 0 atom stereocenters. The minimum Gasteiger partial charge on any atom is -0.489 e. The molecule has 0 radical (unpaired) electrons. The maximum absolute atomic E-state index is 12.0. The predicted molar refractivity (Wildman–Crippen MR) is 79.4 cm³/mol. The first kappa shape index (κ1) is 14.3. The standard InChI is InChI=1S/C15H15ClN2O2/c1-10(2)20-14-4-3-12(9-13(14)16)18-15(19)11-5-7-17-8-6-11/h3-10H,1-2H3,(H,18,19). The lowest BCUT2D eigenvalue weighted by Gasteiger charge is -2.12. The highest BCUT2D eigenvalue weighted by molar-refractivity contribution is 6.32. The maximum atomic E-state index is 12.0. The largest absolute Gasteiger partial charge is 0.489 e. The van der Waals surface area contributed by atoms with Crippen LogP contribution < -0.4 is 10.1 Å². The second-order valence-electron chi connectivity index (χ2n) is 4.50. The molecular weight excluding hydrogens is 276 g/mol. The zero-order chi connectivity index (χ0) is 14.5. The van der Waals surface area contributed by atoms with Crippen LogP contribution in [0.4, 0.5) is 5.69 Å². The lowest BCUT2D eigenvalue weighted by atomic mass is 10.2. The summed E-state index contributed by atoms with van der Waals surface area (Å²) in [7, 11) is 0. The summed E-state index contributed by atoms with van der Waals surface area (Å²) >= 11 is 6.12. The molecule has 1 heterocycles. The molecule has 4 nitrogen and oxygen atoms in total. The van der Waals surface area contributed by atoms with Crippen molar-refractivity contribution in [1.82, 2.24) is 4.98 Å². The van der Waals surface area contributed by atoms with Crippen molar-refractivity contribution in [3.8, 4) is 5.75 Å². The van der Waals surface area contributed by atoms with Crippen LogP contribution >= 0.6 is 11.6 Å². The van der Waals surface area contributed by atoms with Crippen LogP contribution in [-0.4, -0.2) is 17.0 Å². The van der Waals surface area contributed by atoms with Gasteiger partial charge in [0.05, 0.1) is 11.1 Å². The second-order valence-corrected chi connectivity index (χ2v) is 4.91. The number of aromatic nitrogens is 1. The van der Waals surface area contributed by atoms with E-state index in [0.29, 0.717) is 22.0 Å². The highest BCUT2D eigenvalue weighted by Crippen LogP contribution is 2.28. The number of anilines is 1. The number of hydrogen-bond donors (Lipinski definition) is 1. The van der Waals surface area contributed by atoms with Crippen LogP contribution in [0, 0.1) is 0 Å². The third-order valence-electron chi connectivity index (χ3n) is 2.49. The molecule has 1 aromatic carbocycles. The summed E-state index contributed by atoms with van der Waals surface area (Å²) in [6.45, 7) is 3.85. The van der Waals surface area contributed by atoms with Crippen LogP contribution in [0.3, 0.4) is 0 Å². The lowest BCUT2D eigenvalue weighted by molar-refractivity contribution is 0.102. The first-order valence-corrected chi connectivity index (χ1v) is 6.61. The molecule has 0 aliphatic carbocycles. The Morgan fingerprint density at radius 2 is 1.95 bits per heavy atom. The number of nitrogens with zero attached hydrogens (tertiary/aromatic N) is 1. The maximum Gasteiger partial charge on any atom is 0.255 e.